The molecule has 0 unspecified atom stereocenters. The first-order valence-electron chi connectivity index (χ1n) is 6.64. The largest absolute Gasteiger partial charge is 0.298 e. The summed E-state index contributed by atoms with van der Waals surface area (Å²) >= 11 is 0. The number of hydrogen-bond donors (Lipinski definition) is 0. The van der Waals surface area contributed by atoms with Crippen molar-refractivity contribution in [2.75, 3.05) is 0 Å². The van der Waals surface area contributed by atoms with Crippen LogP contribution < -0.4 is 0 Å². The molecule has 0 aliphatic heterocycles. The molecular weight excluding hydrogens is 220 g/mol. The third-order valence-corrected chi connectivity index (χ3v) is 3.28. The molecule has 18 heavy (non-hydrogen) atoms. The van der Waals surface area contributed by atoms with Crippen LogP contribution in [0.15, 0.2) is 41.5 Å². The molecule has 1 aliphatic carbocycles. The van der Waals surface area contributed by atoms with E-state index in [0.29, 0.717) is 0 Å². The molecule has 1 nitrogen and oxygen atoms in total. The van der Waals surface area contributed by atoms with Crippen molar-refractivity contribution in [3.63, 3.8) is 0 Å². The highest BCUT2D eigenvalue weighted by molar-refractivity contribution is 5.76. The zero-order valence-electron chi connectivity index (χ0n) is 10.6. The molecule has 0 saturated carbocycles. The average Bonchev–Trinajstić information content (AvgIpc) is 2.39. The fourth-order valence-electron chi connectivity index (χ4n) is 2.22. The monoisotopic (exact) mass is 238 g/mol. The molecule has 0 aromatic heterocycles. The van der Waals surface area contributed by atoms with E-state index in [4.69, 9.17) is 0 Å². The molecule has 0 radical (unpaired) electrons. The van der Waals surface area contributed by atoms with Crippen molar-refractivity contribution in [2.24, 2.45) is 0 Å². The van der Waals surface area contributed by atoms with Crippen molar-refractivity contribution in [1.82, 2.24) is 0 Å². The molecule has 92 valence electrons. The van der Waals surface area contributed by atoms with Gasteiger partial charge in [-0.25, -0.2) is 0 Å². The van der Waals surface area contributed by atoms with Gasteiger partial charge in [0.05, 0.1) is 0 Å². The summed E-state index contributed by atoms with van der Waals surface area (Å²) in [6.45, 7) is 0. The van der Waals surface area contributed by atoms with Crippen LogP contribution in [0.1, 0.15) is 44.1 Å². The predicted molar refractivity (Wildman–Crippen MR) is 74.1 cm³/mol. The number of allylic oxidation sites excluding steroid dienone is 2. The minimum absolute atomic E-state index is 0.891. The first kappa shape index (κ1) is 12.6. The number of carbonyl (C=O) groups excluding carboxylic acids is 1. The predicted octanol–water partition coefficient (Wildman–Crippen LogP) is 3.89. The second kappa shape index (κ2) is 6.81. The average molecular weight is 238 g/mol. The van der Waals surface area contributed by atoms with Crippen molar-refractivity contribution in [3.8, 4) is 11.8 Å². The summed E-state index contributed by atoms with van der Waals surface area (Å²) in [5.41, 5.74) is 2.98. The molecule has 0 fully saturated rings. The fraction of sp³-hybridized carbons (Fsp3) is 0.353. The van der Waals surface area contributed by atoms with Crippen molar-refractivity contribution in [1.29, 1.82) is 0 Å². The van der Waals surface area contributed by atoms with E-state index in [1.54, 1.807) is 0 Å². The smallest absolute Gasteiger partial charge is 0.146 e. The Kier molecular flexibility index (Phi) is 4.78. The van der Waals surface area contributed by atoms with Crippen molar-refractivity contribution >= 4 is 6.29 Å². The molecule has 0 amide bonds. The van der Waals surface area contributed by atoms with Crippen LogP contribution in [-0.2, 0) is 4.79 Å². The Morgan fingerprint density at radius 2 is 1.61 bits per heavy atom. The quantitative estimate of drug-likeness (QED) is 0.536. The fourth-order valence-corrected chi connectivity index (χ4v) is 2.22. The van der Waals surface area contributed by atoms with Gasteiger partial charge in [-0.05, 0) is 37.8 Å². The van der Waals surface area contributed by atoms with Gasteiger partial charge in [0.2, 0.25) is 0 Å². The normalized spacial score (nSPS) is 20.2. The minimum atomic E-state index is 0.891. The molecule has 0 atom stereocenters. The summed E-state index contributed by atoms with van der Waals surface area (Å²) in [6, 6.07) is 9.94. The van der Waals surface area contributed by atoms with Gasteiger partial charge in [0, 0.05) is 16.7 Å². The third-order valence-electron chi connectivity index (χ3n) is 3.28. The van der Waals surface area contributed by atoms with E-state index in [1.807, 2.05) is 30.3 Å². The van der Waals surface area contributed by atoms with Gasteiger partial charge in [-0.2, -0.15) is 0 Å². The van der Waals surface area contributed by atoms with E-state index < -0.39 is 0 Å². The van der Waals surface area contributed by atoms with Crippen LogP contribution in [0.25, 0.3) is 0 Å². The molecule has 0 heterocycles. The Bertz CT molecular complexity index is 485. The molecule has 0 saturated heterocycles. The van der Waals surface area contributed by atoms with Gasteiger partial charge in [-0.1, -0.05) is 42.9 Å². The van der Waals surface area contributed by atoms with Gasteiger partial charge in [0.15, 0.2) is 0 Å². The molecule has 0 bridgehead atoms. The van der Waals surface area contributed by atoms with E-state index in [0.717, 1.165) is 48.7 Å². The molecule has 0 spiro atoms. The number of benzene rings is 1. The van der Waals surface area contributed by atoms with E-state index in [1.165, 1.54) is 12.8 Å². The summed E-state index contributed by atoms with van der Waals surface area (Å²) in [5, 5.41) is 0. The summed E-state index contributed by atoms with van der Waals surface area (Å²) in [5.74, 6) is 6.37. The number of carbonyl (C=O) groups is 1. The number of rotatable bonds is 1. The van der Waals surface area contributed by atoms with Crippen molar-refractivity contribution < 1.29 is 4.79 Å². The molecule has 1 aromatic carbocycles. The number of hydrogen-bond acceptors (Lipinski definition) is 1. The lowest BCUT2D eigenvalue weighted by atomic mass is 9.94. The maximum absolute atomic E-state index is 11.1. The Balaban J connectivity index is 2.23. The lowest BCUT2D eigenvalue weighted by molar-refractivity contribution is -0.105. The Labute approximate surface area is 109 Å². The Morgan fingerprint density at radius 3 is 2.33 bits per heavy atom. The zero-order chi connectivity index (χ0) is 12.6. The highest BCUT2D eigenvalue weighted by atomic mass is 16.1. The Hall–Kier alpha value is -1.81. The van der Waals surface area contributed by atoms with Gasteiger partial charge < -0.3 is 0 Å². The lowest BCUT2D eigenvalue weighted by Gasteiger charge is -2.10. The maximum Gasteiger partial charge on any atom is 0.146 e. The van der Waals surface area contributed by atoms with Crippen LogP contribution in [-0.4, -0.2) is 6.29 Å². The molecule has 1 aliphatic rings. The van der Waals surface area contributed by atoms with Crippen LogP contribution in [0.2, 0.25) is 0 Å². The lowest BCUT2D eigenvalue weighted by Crippen LogP contribution is -1.97. The SMILES string of the molecule is O=C/C1=C(\C#Cc2ccccc2)CCCCCC1. The Morgan fingerprint density at radius 1 is 0.889 bits per heavy atom. The first-order chi connectivity index (χ1) is 8.90. The van der Waals surface area contributed by atoms with Crippen LogP contribution in [0.3, 0.4) is 0 Å². The van der Waals surface area contributed by atoms with E-state index >= 15 is 0 Å². The molecular formula is C17H18O. The minimum Gasteiger partial charge on any atom is -0.298 e. The van der Waals surface area contributed by atoms with E-state index in [2.05, 4.69) is 11.8 Å². The van der Waals surface area contributed by atoms with E-state index in [-0.39, 0.29) is 0 Å². The first-order valence-corrected chi connectivity index (χ1v) is 6.64. The topological polar surface area (TPSA) is 17.1 Å². The van der Waals surface area contributed by atoms with Crippen LogP contribution in [0, 0.1) is 11.8 Å². The highest BCUT2D eigenvalue weighted by Crippen LogP contribution is 2.21. The van der Waals surface area contributed by atoms with Gasteiger partial charge in [0.25, 0.3) is 0 Å². The maximum atomic E-state index is 11.1. The third kappa shape index (κ3) is 3.60. The summed E-state index contributed by atoms with van der Waals surface area (Å²) in [4.78, 5) is 11.1. The van der Waals surface area contributed by atoms with Crippen LogP contribution in [0.4, 0.5) is 0 Å². The summed E-state index contributed by atoms with van der Waals surface area (Å²) < 4.78 is 0. The molecule has 0 N–H and O–H groups in total. The summed E-state index contributed by atoms with van der Waals surface area (Å²) in [6.07, 6.45) is 7.59. The van der Waals surface area contributed by atoms with Gasteiger partial charge in [-0.15, -0.1) is 0 Å². The highest BCUT2D eigenvalue weighted by Gasteiger charge is 2.07. The van der Waals surface area contributed by atoms with E-state index in [9.17, 15) is 4.79 Å². The summed E-state index contributed by atoms with van der Waals surface area (Å²) in [7, 11) is 0. The molecule has 2 rings (SSSR count). The molecule has 1 heteroatoms. The standard InChI is InChI=1S/C17H18O/c18-14-17-11-7-2-1-6-10-16(17)13-12-15-8-4-3-5-9-15/h3-5,8-9,14H,1-2,6-7,10-11H2/b17-16-. The van der Waals surface area contributed by atoms with Gasteiger partial charge >= 0.3 is 0 Å². The molecule has 1 aromatic rings. The second-order valence-electron chi connectivity index (χ2n) is 4.65. The van der Waals surface area contributed by atoms with Crippen molar-refractivity contribution in [2.45, 2.75) is 38.5 Å². The van der Waals surface area contributed by atoms with Crippen LogP contribution in [0.5, 0.6) is 0 Å². The second-order valence-corrected chi connectivity index (χ2v) is 4.65. The van der Waals surface area contributed by atoms with Crippen molar-refractivity contribution in [3.05, 3.63) is 47.0 Å². The zero-order valence-corrected chi connectivity index (χ0v) is 10.6. The van der Waals surface area contributed by atoms with Gasteiger partial charge in [0.1, 0.15) is 6.29 Å². The van der Waals surface area contributed by atoms with Gasteiger partial charge in [-0.3, -0.25) is 4.79 Å². The van der Waals surface area contributed by atoms with Crippen LogP contribution >= 0.6 is 0 Å². The number of aldehydes is 1.